The third-order valence-electron chi connectivity index (χ3n) is 2.25. The first-order chi connectivity index (χ1) is 8.29. The molecule has 0 fully saturated rings. The highest BCUT2D eigenvalue weighted by Gasteiger charge is 2.34. The Morgan fingerprint density at radius 3 is 2.33 bits per heavy atom. The van der Waals surface area contributed by atoms with E-state index in [1.54, 1.807) is 0 Å². The molecule has 0 spiro atoms. The number of nitrogens with two attached hydrogens (primary N) is 1. The second-order valence-corrected chi connectivity index (χ2v) is 5.50. The van der Waals surface area contributed by atoms with Crippen molar-refractivity contribution in [1.29, 1.82) is 0 Å². The summed E-state index contributed by atoms with van der Waals surface area (Å²) in [6.45, 7) is 2.08. The molecule has 0 rings (SSSR count). The van der Waals surface area contributed by atoms with E-state index in [0.717, 1.165) is 19.3 Å². The van der Waals surface area contributed by atoms with E-state index in [1.165, 1.54) is 0 Å². The van der Waals surface area contributed by atoms with Crippen LogP contribution in [0.15, 0.2) is 0 Å². The molecule has 1 atom stereocenters. The van der Waals surface area contributed by atoms with Gasteiger partial charge in [-0.05, 0) is 6.42 Å². The first kappa shape index (κ1) is 16.9. The first-order valence-electron chi connectivity index (χ1n) is 5.70. The van der Waals surface area contributed by atoms with Crippen LogP contribution in [-0.2, 0) is 24.4 Å². The maximum Gasteiger partial charge on any atom is 0.327 e. The second kappa shape index (κ2) is 8.04. The van der Waals surface area contributed by atoms with Gasteiger partial charge in [-0.25, -0.2) is 0 Å². The Morgan fingerprint density at radius 1 is 1.28 bits per heavy atom. The van der Waals surface area contributed by atoms with Gasteiger partial charge in [0, 0.05) is 0 Å². The number of carbonyl (C=O) groups excluding carboxylic acids is 2. The largest absolute Gasteiger partial charge is 0.465 e. The maximum atomic E-state index is 11.4. The molecule has 0 aliphatic carbocycles. The second-order valence-electron chi connectivity index (χ2n) is 3.90. The fourth-order valence-corrected chi connectivity index (χ4v) is 1.97. The molecule has 0 aromatic heterocycles. The van der Waals surface area contributed by atoms with E-state index in [1.807, 2.05) is 6.92 Å². The summed E-state index contributed by atoms with van der Waals surface area (Å²) in [5.41, 5.74) is 4.80. The van der Waals surface area contributed by atoms with Gasteiger partial charge in [0.2, 0.25) is 5.91 Å². The van der Waals surface area contributed by atoms with Crippen LogP contribution in [0.2, 0.25) is 0 Å². The average Bonchev–Trinajstić information content (AvgIpc) is 2.23. The van der Waals surface area contributed by atoms with E-state index in [-0.39, 0.29) is 6.61 Å². The van der Waals surface area contributed by atoms with Crippen molar-refractivity contribution in [2.45, 2.75) is 44.3 Å². The van der Waals surface area contributed by atoms with Crippen LogP contribution in [0.25, 0.3) is 0 Å². The monoisotopic (exact) mass is 281 g/mol. The van der Waals surface area contributed by atoms with E-state index in [2.05, 4.69) is 0 Å². The number of primary amides is 1. The molecule has 0 saturated carbocycles. The van der Waals surface area contributed by atoms with Crippen molar-refractivity contribution in [3.8, 4) is 0 Å². The fraction of sp³-hybridized carbons (Fsp3) is 0.800. The lowest BCUT2D eigenvalue weighted by Crippen LogP contribution is -2.35. The van der Waals surface area contributed by atoms with Gasteiger partial charge in [0.25, 0.3) is 10.1 Å². The summed E-state index contributed by atoms with van der Waals surface area (Å²) in [6.07, 6.45) is 2.68. The SMILES string of the molecule is CCCCCCOC(=O)C(CC(N)=O)S(=O)(=O)O. The van der Waals surface area contributed by atoms with E-state index in [0.29, 0.717) is 6.42 Å². The molecule has 8 heteroatoms. The molecule has 18 heavy (non-hydrogen) atoms. The number of hydrogen-bond acceptors (Lipinski definition) is 5. The Hall–Kier alpha value is -1.15. The van der Waals surface area contributed by atoms with Gasteiger partial charge in [-0.2, -0.15) is 8.42 Å². The van der Waals surface area contributed by atoms with Gasteiger partial charge in [0.15, 0.2) is 5.25 Å². The predicted octanol–water partition coefficient (Wildman–Crippen LogP) is 0.242. The molecule has 0 aliphatic rings. The van der Waals surface area contributed by atoms with Crippen LogP contribution >= 0.6 is 0 Å². The lowest BCUT2D eigenvalue weighted by molar-refractivity contribution is -0.144. The molecule has 3 N–H and O–H groups in total. The minimum absolute atomic E-state index is 0.0591. The number of unbranched alkanes of at least 4 members (excludes halogenated alkanes) is 3. The molecule has 0 bridgehead atoms. The summed E-state index contributed by atoms with van der Waals surface area (Å²) in [5.74, 6) is -2.15. The van der Waals surface area contributed by atoms with E-state index < -0.39 is 33.7 Å². The minimum Gasteiger partial charge on any atom is -0.465 e. The van der Waals surface area contributed by atoms with Crippen LogP contribution in [0.4, 0.5) is 0 Å². The standard InChI is InChI=1S/C10H19NO6S/c1-2-3-4-5-6-17-10(13)8(7-9(11)12)18(14,15)16/h8H,2-7H2,1H3,(H2,11,12)(H,14,15,16). The number of esters is 1. The van der Waals surface area contributed by atoms with Crippen LogP contribution in [0, 0.1) is 0 Å². The zero-order valence-corrected chi connectivity index (χ0v) is 11.1. The molecule has 1 unspecified atom stereocenters. The Morgan fingerprint density at radius 2 is 1.89 bits per heavy atom. The molecular weight excluding hydrogens is 262 g/mol. The molecule has 0 radical (unpaired) electrons. The summed E-state index contributed by atoms with van der Waals surface area (Å²) < 4.78 is 35.3. The highest BCUT2D eigenvalue weighted by Crippen LogP contribution is 2.08. The quantitative estimate of drug-likeness (QED) is 0.354. The number of ether oxygens (including phenoxy) is 1. The molecular formula is C10H19NO6S. The third kappa shape index (κ3) is 7.23. The number of rotatable bonds is 9. The number of hydrogen-bond donors (Lipinski definition) is 2. The van der Waals surface area contributed by atoms with Crippen LogP contribution in [0.3, 0.4) is 0 Å². The van der Waals surface area contributed by atoms with Crippen molar-refractivity contribution in [3.05, 3.63) is 0 Å². The maximum absolute atomic E-state index is 11.4. The fourth-order valence-electron chi connectivity index (χ4n) is 1.29. The predicted molar refractivity (Wildman–Crippen MR) is 64.2 cm³/mol. The Labute approximate surface area is 106 Å². The first-order valence-corrected chi connectivity index (χ1v) is 7.20. The molecule has 0 heterocycles. The van der Waals surface area contributed by atoms with Crippen molar-refractivity contribution >= 4 is 22.0 Å². The van der Waals surface area contributed by atoms with Gasteiger partial charge in [-0.3, -0.25) is 14.1 Å². The van der Waals surface area contributed by atoms with E-state index in [9.17, 15) is 18.0 Å². The molecule has 1 amide bonds. The topological polar surface area (TPSA) is 124 Å². The van der Waals surface area contributed by atoms with Crippen LogP contribution < -0.4 is 5.73 Å². The minimum atomic E-state index is -4.68. The number of carbonyl (C=O) groups is 2. The Balaban J connectivity index is 4.28. The van der Waals surface area contributed by atoms with Gasteiger partial charge < -0.3 is 10.5 Å². The van der Waals surface area contributed by atoms with Gasteiger partial charge in [-0.15, -0.1) is 0 Å². The molecule has 106 valence electrons. The van der Waals surface area contributed by atoms with Crippen molar-refractivity contribution < 1.29 is 27.3 Å². The Kier molecular flexibility index (Phi) is 7.53. The summed E-state index contributed by atoms with van der Waals surface area (Å²) in [6, 6.07) is 0. The summed E-state index contributed by atoms with van der Waals surface area (Å²) in [5, 5.41) is -1.93. The van der Waals surface area contributed by atoms with Crippen molar-refractivity contribution in [1.82, 2.24) is 0 Å². The van der Waals surface area contributed by atoms with Crippen LogP contribution in [-0.4, -0.2) is 36.7 Å². The van der Waals surface area contributed by atoms with E-state index >= 15 is 0 Å². The highest BCUT2D eigenvalue weighted by atomic mass is 32.2. The highest BCUT2D eigenvalue weighted by molar-refractivity contribution is 7.87. The normalized spacial score (nSPS) is 13.0. The molecule has 0 aromatic carbocycles. The number of amides is 1. The van der Waals surface area contributed by atoms with Crippen molar-refractivity contribution in [3.63, 3.8) is 0 Å². The summed E-state index contributed by atoms with van der Waals surface area (Å²) >= 11 is 0. The lowest BCUT2D eigenvalue weighted by atomic mass is 10.2. The zero-order valence-electron chi connectivity index (χ0n) is 10.3. The lowest BCUT2D eigenvalue weighted by Gasteiger charge is -2.11. The average molecular weight is 281 g/mol. The van der Waals surface area contributed by atoms with Gasteiger partial charge >= 0.3 is 5.97 Å². The Bertz CT molecular complexity index is 378. The molecule has 0 saturated heterocycles. The van der Waals surface area contributed by atoms with Crippen LogP contribution in [0.5, 0.6) is 0 Å². The van der Waals surface area contributed by atoms with E-state index in [4.69, 9.17) is 15.0 Å². The summed E-state index contributed by atoms with van der Waals surface area (Å²) in [7, 11) is -4.68. The van der Waals surface area contributed by atoms with Crippen molar-refractivity contribution in [2.75, 3.05) is 6.61 Å². The smallest absolute Gasteiger partial charge is 0.327 e. The molecule has 0 aliphatic heterocycles. The van der Waals surface area contributed by atoms with Crippen molar-refractivity contribution in [2.24, 2.45) is 5.73 Å². The molecule has 0 aromatic rings. The summed E-state index contributed by atoms with van der Waals surface area (Å²) in [4.78, 5) is 22.0. The molecule has 7 nitrogen and oxygen atoms in total. The zero-order chi connectivity index (χ0) is 14.2. The van der Waals surface area contributed by atoms with Gasteiger partial charge in [0.05, 0.1) is 13.0 Å². The van der Waals surface area contributed by atoms with Gasteiger partial charge in [-0.1, -0.05) is 26.2 Å². The van der Waals surface area contributed by atoms with Crippen LogP contribution in [0.1, 0.15) is 39.0 Å². The van der Waals surface area contributed by atoms with Gasteiger partial charge in [0.1, 0.15) is 0 Å². The third-order valence-corrected chi connectivity index (χ3v) is 3.33.